The molecule has 0 saturated heterocycles. The third kappa shape index (κ3) is 5.16. The van der Waals surface area contributed by atoms with Crippen molar-refractivity contribution >= 4 is 92.6 Å². The van der Waals surface area contributed by atoms with Crippen LogP contribution in [0.15, 0.2) is 197 Å². The Morgan fingerprint density at radius 2 is 1.07 bits per heavy atom. The zero-order valence-corrected chi connectivity index (χ0v) is 31.8. The van der Waals surface area contributed by atoms with Crippen LogP contribution >= 0.6 is 11.3 Å². The quantitative estimate of drug-likeness (QED) is 0.169. The Hall–Kier alpha value is -7.54. The lowest BCUT2D eigenvalue weighted by Crippen LogP contribution is -2.10. The summed E-state index contributed by atoms with van der Waals surface area (Å²) in [6.45, 7) is 0. The molecule has 0 amide bonds. The Kier molecular flexibility index (Phi) is 7.33. The van der Waals surface area contributed by atoms with Gasteiger partial charge in [0.25, 0.3) is 0 Å². The molecule has 4 aromatic heterocycles. The lowest BCUT2D eigenvalue weighted by molar-refractivity contribution is 0.667. The Bertz CT molecular complexity index is 3510. The fourth-order valence-electron chi connectivity index (χ4n) is 8.40. The van der Waals surface area contributed by atoms with Crippen molar-refractivity contribution in [3.05, 3.63) is 188 Å². The van der Waals surface area contributed by atoms with E-state index in [-0.39, 0.29) is 0 Å². The molecule has 0 N–H and O–H groups in total. The van der Waals surface area contributed by atoms with Gasteiger partial charge in [0.05, 0.1) is 5.69 Å². The van der Waals surface area contributed by atoms with E-state index in [1.165, 1.54) is 20.2 Å². The Balaban J connectivity index is 1.02. The number of anilines is 3. The van der Waals surface area contributed by atoms with Crippen molar-refractivity contribution in [1.29, 1.82) is 0 Å². The van der Waals surface area contributed by atoms with E-state index in [4.69, 9.17) is 18.8 Å². The van der Waals surface area contributed by atoms with Crippen molar-refractivity contribution in [2.45, 2.75) is 0 Å². The number of furan rings is 2. The van der Waals surface area contributed by atoms with E-state index in [0.717, 1.165) is 83.4 Å². The first-order valence-corrected chi connectivity index (χ1v) is 20.1. The highest BCUT2D eigenvalue weighted by atomic mass is 32.1. The molecule has 0 radical (unpaired) electrons. The molecule has 0 unspecified atom stereocenters. The predicted molar refractivity (Wildman–Crippen MR) is 240 cm³/mol. The Labute approximate surface area is 336 Å². The van der Waals surface area contributed by atoms with Crippen LogP contribution in [0, 0.1) is 0 Å². The topological polar surface area (TPSA) is 55.3 Å². The minimum atomic E-state index is 0.646. The summed E-state index contributed by atoms with van der Waals surface area (Å²) in [4.78, 5) is 12.5. The normalized spacial score (nSPS) is 11.8. The second kappa shape index (κ2) is 13.0. The lowest BCUT2D eigenvalue weighted by Gasteiger charge is -2.26. The molecule has 12 rings (SSSR count). The smallest absolute Gasteiger partial charge is 0.180 e. The van der Waals surface area contributed by atoms with Crippen LogP contribution in [0.2, 0.25) is 0 Å². The van der Waals surface area contributed by atoms with Gasteiger partial charge in [-0.05, 0) is 71.8 Å². The molecule has 0 saturated carbocycles. The maximum Gasteiger partial charge on any atom is 0.180 e. The summed E-state index contributed by atoms with van der Waals surface area (Å²) in [6.07, 6.45) is 0. The van der Waals surface area contributed by atoms with Crippen molar-refractivity contribution < 1.29 is 8.83 Å². The fraction of sp³-hybridized carbons (Fsp3) is 0. The number of nitrogens with zero attached hydrogens (tertiary/aromatic N) is 3. The molecule has 0 spiro atoms. The third-order valence-electron chi connectivity index (χ3n) is 11.1. The summed E-state index contributed by atoms with van der Waals surface area (Å²) in [5.41, 5.74) is 11.9. The number of hydrogen-bond donors (Lipinski definition) is 0. The summed E-state index contributed by atoms with van der Waals surface area (Å²) in [6, 6.07) is 65.5. The summed E-state index contributed by atoms with van der Waals surface area (Å²) in [5, 5.41) is 5.62. The highest BCUT2D eigenvalue weighted by Gasteiger charge is 2.23. The van der Waals surface area contributed by atoms with Crippen LogP contribution in [0.25, 0.3) is 98.0 Å². The largest absolute Gasteiger partial charge is 0.454 e. The van der Waals surface area contributed by atoms with Gasteiger partial charge < -0.3 is 13.7 Å². The van der Waals surface area contributed by atoms with Gasteiger partial charge in [-0.1, -0.05) is 127 Å². The van der Waals surface area contributed by atoms with Crippen molar-refractivity contribution in [1.82, 2.24) is 9.97 Å². The molecular formula is C52H31N3O2S. The van der Waals surface area contributed by atoms with Crippen LogP contribution in [0.5, 0.6) is 0 Å². The first-order chi connectivity index (χ1) is 28.7. The second-order valence-electron chi connectivity index (χ2n) is 14.5. The minimum absolute atomic E-state index is 0.646. The number of rotatable bonds is 6. The molecule has 58 heavy (non-hydrogen) atoms. The van der Waals surface area contributed by atoms with Gasteiger partial charge in [-0.3, -0.25) is 0 Å². The van der Waals surface area contributed by atoms with Gasteiger partial charge >= 0.3 is 0 Å². The molecule has 5 nitrogen and oxygen atoms in total. The van der Waals surface area contributed by atoms with Gasteiger partial charge in [-0.15, -0.1) is 11.3 Å². The summed E-state index contributed by atoms with van der Waals surface area (Å²) in [7, 11) is 0. The van der Waals surface area contributed by atoms with Gasteiger partial charge in [0.2, 0.25) is 0 Å². The molecule has 0 aliphatic carbocycles. The van der Waals surface area contributed by atoms with Crippen molar-refractivity contribution in [3.63, 3.8) is 0 Å². The van der Waals surface area contributed by atoms with E-state index in [0.29, 0.717) is 11.4 Å². The van der Waals surface area contributed by atoms with Crippen LogP contribution in [-0.2, 0) is 0 Å². The van der Waals surface area contributed by atoms with Gasteiger partial charge in [-0.2, -0.15) is 0 Å². The van der Waals surface area contributed by atoms with Crippen LogP contribution in [-0.4, -0.2) is 9.97 Å². The highest BCUT2D eigenvalue weighted by Crippen LogP contribution is 2.47. The number of benzene rings is 8. The minimum Gasteiger partial charge on any atom is -0.454 e. The molecule has 6 heteroatoms. The molecule has 0 bridgehead atoms. The first-order valence-electron chi connectivity index (χ1n) is 19.3. The highest BCUT2D eigenvalue weighted by molar-refractivity contribution is 7.25. The predicted octanol–water partition coefficient (Wildman–Crippen LogP) is 15.1. The van der Waals surface area contributed by atoms with E-state index < -0.39 is 0 Å². The van der Waals surface area contributed by atoms with Crippen LogP contribution in [0.3, 0.4) is 0 Å². The van der Waals surface area contributed by atoms with E-state index in [1.54, 1.807) is 0 Å². The molecule has 272 valence electrons. The van der Waals surface area contributed by atoms with Gasteiger partial charge in [-0.25, -0.2) is 9.97 Å². The average molecular weight is 762 g/mol. The zero-order chi connectivity index (χ0) is 38.2. The Morgan fingerprint density at radius 1 is 0.431 bits per heavy atom. The molecule has 12 aromatic rings. The fourth-order valence-corrected chi connectivity index (χ4v) is 9.49. The molecule has 8 aromatic carbocycles. The van der Waals surface area contributed by atoms with E-state index in [1.807, 2.05) is 53.8 Å². The number of thiophene rings is 1. The lowest BCUT2D eigenvalue weighted by atomic mass is 9.97. The molecule has 0 aliphatic rings. The average Bonchev–Trinajstić information content (AvgIpc) is 3.99. The molecule has 0 aliphatic heterocycles. The number of fused-ring (bicyclic) bond motifs is 9. The summed E-state index contributed by atoms with van der Waals surface area (Å²) in [5.74, 6) is 0.646. The maximum absolute atomic E-state index is 6.86. The molecular weight excluding hydrogens is 731 g/mol. The Morgan fingerprint density at radius 3 is 1.88 bits per heavy atom. The monoisotopic (exact) mass is 761 g/mol. The first kappa shape index (κ1) is 32.7. The van der Waals surface area contributed by atoms with Gasteiger partial charge in [0, 0.05) is 58.8 Å². The van der Waals surface area contributed by atoms with Crippen LogP contribution < -0.4 is 4.90 Å². The number of hydrogen-bond acceptors (Lipinski definition) is 6. The maximum atomic E-state index is 6.86. The van der Waals surface area contributed by atoms with E-state index in [2.05, 4.69) is 150 Å². The molecule has 0 fully saturated rings. The van der Waals surface area contributed by atoms with E-state index in [9.17, 15) is 0 Å². The molecule has 0 atom stereocenters. The summed E-state index contributed by atoms with van der Waals surface area (Å²) < 4.78 is 15.8. The standard InChI is InChI=1S/C52H31N3O2S/c1-3-13-33(14-4-1)48-51-49(40-19-8-11-21-44(40)57-51)54-52(53-48)34-25-23-32(24-26-34)37-28-29-42(50-47(37)39-18-7-10-20-43(39)56-50)55(35-15-5-2-6-16-35)36-27-30-46-41(31-36)38-17-9-12-22-45(38)58-46/h1-31H. The van der Waals surface area contributed by atoms with Crippen LogP contribution in [0.1, 0.15) is 0 Å². The van der Waals surface area contributed by atoms with Crippen molar-refractivity contribution in [2.75, 3.05) is 4.90 Å². The second-order valence-corrected chi connectivity index (χ2v) is 15.6. The third-order valence-corrected chi connectivity index (χ3v) is 12.3. The van der Waals surface area contributed by atoms with Crippen molar-refractivity contribution in [3.8, 4) is 33.8 Å². The van der Waals surface area contributed by atoms with Crippen LogP contribution in [0.4, 0.5) is 17.1 Å². The summed E-state index contributed by atoms with van der Waals surface area (Å²) >= 11 is 1.83. The van der Waals surface area contributed by atoms with Gasteiger partial charge in [0.15, 0.2) is 17.0 Å². The van der Waals surface area contributed by atoms with Crippen molar-refractivity contribution in [2.24, 2.45) is 0 Å². The molecule has 4 heterocycles. The zero-order valence-electron chi connectivity index (χ0n) is 31.0. The number of para-hydroxylation sites is 3. The number of aromatic nitrogens is 2. The van der Waals surface area contributed by atoms with Gasteiger partial charge in [0.1, 0.15) is 22.4 Å². The SMILES string of the molecule is c1ccc(-c2nc(-c3ccc(-c4ccc(N(c5ccccc5)c5ccc6sc7ccccc7c6c5)c5oc6ccccc6c45)cc3)nc3c2oc2ccccc23)cc1. The van der Waals surface area contributed by atoms with E-state index >= 15 is 0 Å².